The zero-order chi connectivity index (χ0) is 47.2. The summed E-state index contributed by atoms with van der Waals surface area (Å²) >= 11 is 0. The molecular weight excluding hydrogens is 861 g/mol. The maximum Gasteiger partial charge on any atom is 0.160 e. The zero-order valence-corrected chi connectivity index (χ0v) is 39.4. The van der Waals surface area contributed by atoms with Crippen LogP contribution in [0.5, 0.6) is 0 Å². The van der Waals surface area contributed by atoms with E-state index in [0.717, 1.165) is 50.5 Å². The first kappa shape index (κ1) is 40.9. The molecule has 1 aliphatic rings. The van der Waals surface area contributed by atoms with Gasteiger partial charge in [-0.15, -0.1) is 0 Å². The second-order valence-electron chi connectivity index (χ2n) is 19.4. The van der Waals surface area contributed by atoms with E-state index in [0.29, 0.717) is 5.82 Å². The molecule has 0 fully saturated rings. The normalized spacial score (nSPS) is 12.8. The van der Waals surface area contributed by atoms with Gasteiger partial charge in [-0.1, -0.05) is 178 Å². The summed E-state index contributed by atoms with van der Waals surface area (Å²) in [6.07, 6.45) is 0. The minimum absolute atomic E-state index is 0.118. The lowest BCUT2D eigenvalue weighted by Gasteiger charge is -2.22. The predicted octanol–water partition coefficient (Wildman–Crippen LogP) is 17.3. The molecule has 0 spiro atoms. The number of aromatic nitrogens is 4. The maximum absolute atomic E-state index is 5.24. The standard InChI is InChI=1S/C67H46N4/c1-67(2)58-24-14-12-22-52(58)53-34-28-49(41-59(53)67)61-42-60(68-66(69-61)45-18-8-4-9-19-45)44-26-32-51(33-27-44)71-64-35-29-46(43-16-6-3-7-17-43)38-56(64)57-40-48(31-37-65(57)71)47-30-36-63-55(39-47)54-23-13-15-25-62(54)70(63)50-20-10-5-11-21-50/h3-42H,1-2H3. The Labute approximate surface area is 412 Å². The number of nitrogens with zero attached hydrogens (tertiary/aromatic N) is 4. The van der Waals surface area contributed by atoms with Gasteiger partial charge in [-0.05, 0) is 123 Å². The van der Waals surface area contributed by atoms with Crippen molar-refractivity contribution in [3.05, 3.63) is 254 Å². The third-order valence-electron chi connectivity index (χ3n) is 15.0. The van der Waals surface area contributed by atoms with Crippen molar-refractivity contribution < 1.29 is 0 Å². The smallest absolute Gasteiger partial charge is 0.160 e. The van der Waals surface area contributed by atoms with Crippen LogP contribution in [0, 0.1) is 0 Å². The summed E-state index contributed by atoms with van der Waals surface area (Å²) in [5.74, 6) is 0.707. The molecule has 10 aromatic carbocycles. The van der Waals surface area contributed by atoms with Gasteiger partial charge >= 0.3 is 0 Å². The van der Waals surface area contributed by atoms with Crippen LogP contribution in [0.2, 0.25) is 0 Å². The van der Waals surface area contributed by atoms with Crippen LogP contribution in [0.3, 0.4) is 0 Å². The minimum Gasteiger partial charge on any atom is -0.309 e. The molecule has 1 aliphatic carbocycles. The van der Waals surface area contributed by atoms with Crippen LogP contribution in [0.4, 0.5) is 0 Å². The van der Waals surface area contributed by atoms with Gasteiger partial charge in [0.1, 0.15) is 0 Å². The molecule has 3 heterocycles. The fourth-order valence-electron chi connectivity index (χ4n) is 11.4. The van der Waals surface area contributed by atoms with Crippen molar-refractivity contribution in [1.82, 2.24) is 19.1 Å². The molecule has 13 aromatic rings. The monoisotopic (exact) mass is 906 g/mol. The maximum atomic E-state index is 5.24. The molecule has 0 unspecified atom stereocenters. The van der Waals surface area contributed by atoms with Gasteiger partial charge in [0, 0.05) is 55.0 Å². The fourth-order valence-corrected chi connectivity index (χ4v) is 11.4. The number of benzene rings is 10. The molecule has 0 bridgehead atoms. The van der Waals surface area contributed by atoms with Crippen LogP contribution in [-0.2, 0) is 5.41 Å². The van der Waals surface area contributed by atoms with Gasteiger partial charge in [0.25, 0.3) is 0 Å². The summed E-state index contributed by atoms with van der Waals surface area (Å²) in [4.78, 5) is 10.5. The number of fused-ring (bicyclic) bond motifs is 9. The third-order valence-corrected chi connectivity index (χ3v) is 15.0. The van der Waals surface area contributed by atoms with Gasteiger partial charge in [0.15, 0.2) is 5.82 Å². The zero-order valence-electron chi connectivity index (χ0n) is 39.4. The van der Waals surface area contributed by atoms with Gasteiger partial charge in [0.05, 0.1) is 33.5 Å². The van der Waals surface area contributed by atoms with Crippen molar-refractivity contribution in [2.45, 2.75) is 19.3 Å². The van der Waals surface area contributed by atoms with Crippen molar-refractivity contribution in [1.29, 1.82) is 0 Å². The van der Waals surface area contributed by atoms with Crippen molar-refractivity contribution in [2.24, 2.45) is 0 Å². The van der Waals surface area contributed by atoms with E-state index in [2.05, 4.69) is 260 Å². The van der Waals surface area contributed by atoms with Gasteiger partial charge in [0.2, 0.25) is 0 Å². The van der Waals surface area contributed by atoms with E-state index in [1.165, 1.54) is 77.1 Å². The van der Waals surface area contributed by atoms with Crippen molar-refractivity contribution in [2.75, 3.05) is 0 Å². The van der Waals surface area contributed by atoms with E-state index in [1.54, 1.807) is 0 Å². The van der Waals surface area contributed by atoms with E-state index >= 15 is 0 Å². The lowest BCUT2D eigenvalue weighted by Crippen LogP contribution is -2.14. The minimum atomic E-state index is -0.118. The van der Waals surface area contributed by atoms with Crippen LogP contribution in [0.1, 0.15) is 25.0 Å². The Kier molecular flexibility index (Phi) is 9.21. The molecule has 4 heteroatoms. The Morgan fingerprint density at radius 1 is 0.296 bits per heavy atom. The lowest BCUT2D eigenvalue weighted by molar-refractivity contribution is 0.660. The lowest BCUT2D eigenvalue weighted by atomic mass is 9.82. The molecule has 334 valence electrons. The van der Waals surface area contributed by atoms with Gasteiger partial charge < -0.3 is 9.13 Å². The summed E-state index contributed by atoms with van der Waals surface area (Å²) < 4.78 is 4.79. The average molecular weight is 907 g/mol. The first-order chi connectivity index (χ1) is 34.9. The molecule has 0 radical (unpaired) electrons. The van der Waals surface area contributed by atoms with E-state index < -0.39 is 0 Å². The highest BCUT2D eigenvalue weighted by molar-refractivity contribution is 6.13. The quantitative estimate of drug-likeness (QED) is 0.160. The topological polar surface area (TPSA) is 35.6 Å². The van der Waals surface area contributed by atoms with E-state index in [9.17, 15) is 0 Å². The number of para-hydroxylation sites is 2. The van der Waals surface area contributed by atoms with Gasteiger partial charge in [-0.3, -0.25) is 0 Å². The Balaban J connectivity index is 0.891. The summed E-state index contributed by atoms with van der Waals surface area (Å²) in [5, 5.41) is 4.90. The van der Waals surface area contributed by atoms with E-state index in [1.807, 2.05) is 6.07 Å². The second-order valence-corrected chi connectivity index (χ2v) is 19.4. The summed E-state index contributed by atoms with van der Waals surface area (Å²) in [6, 6.07) is 87.9. The van der Waals surface area contributed by atoms with Crippen molar-refractivity contribution >= 4 is 43.6 Å². The molecule has 71 heavy (non-hydrogen) atoms. The van der Waals surface area contributed by atoms with Crippen LogP contribution < -0.4 is 0 Å². The molecule has 3 aromatic heterocycles. The van der Waals surface area contributed by atoms with Gasteiger partial charge in [-0.2, -0.15) is 0 Å². The second kappa shape index (κ2) is 16.0. The summed E-state index contributed by atoms with van der Waals surface area (Å²) in [5.41, 5.74) is 21.8. The molecule has 0 saturated carbocycles. The molecule has 0 N–H and O–H groups in total. The Morgan fingerprint density at radius 2 is 0.746 bits per heavy atom. The van der Waals surface area contributed by atoms with Crippen LogP contribution in [0.25, 0.3) is 122 Å². The SMILES string of the molecule is CC1(C)c2ccccc2-c2ccc(-c3cc(-c4ccc(-n5c6ccc(-c7ccccc7)cc6c6cc(-c7ccc8c(c7)c7ccccc7n8-c7ccccc7)ccc65)cc4)nc(-c4ccccc4)n3)cc21. The Morgan fingerprint density at radius 3 is 1.39 bits per heavy atom. The molecule has 14 rings (SSSR count). The Bertz CT molecular complexity index is 4220. The van der Waals surface area contributed by atoms with Gasteiger partial charge in [-0.25, -0.2) is 9.97 Å². The molecule has 0 amide bonds. The number of rotatable bonds is 7. The molecule has 4 nitrogen and oxygen atoms in total. The molecular formula is C67H46N4. The van der Waals surface area contributed by atoms with E-state index in [-0.39, 0.29) is 5.41 Å². The van der Waals surface area contributed by atoms with Crippen LogP contribution in [0.15, 0.2) is 243 Å². The van der Waals surface area contributed by atoms with Crippen molar-refractivity contribution in [3.63, 3.8) is 0 Å². The number of hydrogen-bond donors (Lipinski definition) is 0. The summed E-state index contributed by atoms with van der Waals surface area (Å²) in [6.45, 7) is 4.66. The predicted molar refractivity (Wildman–Crippen MR) is 295 cm³/mol. The Hall–Kier alpha value is -9.12. The first-order valence-electron chi connectivity index (χ1n) is 24.5. The molecule has 0 atom stereocenters. The highest BCUT2D eigenvalue weighted by Crippen LogP contribution is 2.50. The number of hydrogen-bond acceptors (Lipinski definition) is 2. The average Bonchev–Trinajstić information content (AvgIpc) is 4.03. The summed E-state index contributed by atoms with van der Waals surface area (Å²) in [7, 11) is 0. The van der Waals surface area contributed by atoms with E-state index in [4.69, 9.17) is 9.97 Å². The van der Waals surface area contributed by atoms with Crippen molar-refractivity contribution in [3.8, 4) is 78.7 Å². The molecule has 0 saturated heterocycles. The third kappa shape index (κ3) is 6.60. The first-order valence-corrected chi connectivity index (χ1v) is 24.5. The fraction of sp³-hybridized carbons (Fsp3) is 0.0448. The van der Waals surface area contributed by atoms with Crippen LogP contribution >= 0.6 is 0 Å². The molecule has 0 aliphatic heterocycles. The highest BCUT2D eigenvalue weighted by atomic mass is 15.0. The van der Waals surface area contributed by atoms with Crippen LogP contribution in [-0.4, -0.2) is 19.1 Å². The largest absolute Gasteiger partial charge is 0.309 e. The highest BCUT2D eigenvalue weighted by Gasteiger charge is 2.35.